The molecule has 1 aromatic carbocycles. The summed E-state index contributed by atoms with van der Waals surface area (Å²) in [6, 6.07) is 6.03. The minimum absolute atomic E-state index is 0.0681. The fourth-order valence-corrected chi connectivity index (χ4v) is 2.79. The van der Waals surface area contributed by atoms with Crippen LogP contribution in [0.25, 0.3) is 0 Å². The lowest BCUT2D eigenvalue weighted by molar-refractivity contribution is -0.128. The van der Waals surface area contributed by atoms with Gasteiger partial charge in [0.05, 0.1) is 20.3 Å². The van der Waals surface area contributed by atoms with Crippen LogP contribution in [0.15, 0.2) is 18.2 Å². The number of methoxy groups -OCH3 is 2. The molecule has 5 nitrogen and oxygen atoms in total. The molecule has 21 heavy (non-hydrogen) atoms. The second kappa shape index (κ2) is 6.91. The third kappa shape index (κ3) is 3.54. The van der Waals surface area contributed by atoms with Crippen LogP contribution in [0.1, 0.15) is 24.2 Å². The van der Waals surface area contributed by atoms with Gasteiger partial charge in [0.15, 0.2) is 0 Å². The summed E-state index contributed by atoms with van der Waals surface area (Å²) in [6.07, 6.45) is -0.0681. The number of hydrogen-bond donors (Lipinski definition) is 1. The Kier molecular flexibility index (Phi) is 5.20. The quantitative estimate of drug-likeness (QED) is 0.867. The van der Waals surface area contributed by atoms with Crippen LogP contribution in [0, 0.1) is 12.8 Å². The largest absolute Gasteiger partial charge is 0.496 e. The Balaban J connectivity index is 2.17. The molecular formula is C16H24N2O3. The molecule has 2 unspecified atom stereocenters. The van der Waals surface area contributed by atoms with Gasteiger partial charge < -0.3 is 14.4 Å². The highest BCUT2D eigenvalue weighted by Crippen LogP contribution is 2.27. The van der Waals surface area contributed by atoms with Crippen LogP contribution in [-0.4, -0.2) is 44.7 Å². The maximum atomic E-state index is 12.1. The Hall–Kier alpha value is -1.59. The van der Waals surface area contributed by atoms with Crippen molar-refractivity contribution in [3.63, 3.8) is 0 Å². The van der Waals surface area contributed by atoms with Crippen molar-refractivity contribution in [3.8, 4) is 5.75 Å². The molecule has 1 saturated heterocycles. The van der Waals surface area contributed by atoms with Gasteiger partial charge in [0.2, 0.25) is 5.91 Å². The molecule has 1 heterocycles. The number of aryl methyl sites for hydroxylation is 1. The fourth-order valence-electron chi connectivity index (χ4n) is 2.79. The molecule has 0 saturated carbocycles. The van der Waals surface area contributed by atoms with Gasteiger partial charge in [0, 0.05) is 13.7 Å². The maximum Gasteiger partial charge on any atom is 0.238 e. The van der Waals surface area contributed by atoms with Crippen molar-refractivity contribution >= 4 is 5.91 Å². The van der Waals surface area contributed by atoms with Crippen molar-refractivity contribution in [1.29, 1.82) is 0 Å². The first-order valence-electron chi connectivity index (χ1n) is 7.23. The molecule has 0 aliphatic carbocycles. The first-order valence-corrected chi connectivity index (χ1v) is 7.23. The predicted molar refractivity (Wildman–Crippen MR) is 81.2 cm³/mol. The average Bonchev–Trinajstić information content (AvgIpc) is 2.80. The normalized spacial score (nSPS) is 19.9. The lowest BCUT2D eigenvalue weighted by Crippen LogP contribution is -2.35. The summed E-state index contributed by atoms with van der Waals surface area (Å²) in [5.41, 5.74) is 2.16. The van der Waals surface area contributed by atoms with Crippen molar-refractivity contribution in [3.05, 3.63) is 29.3 Å². The SMILES string of the molecule is COCC(C)CN1C(=O)CNC1c1ccc(OC)c(C)c1. The van der Waals surface area contributed by atoms with Crippen molar-refractivity contribution < 1.29 is 14.3 Å². The second-order valence-electron chi connectivity index (χ2n) is 5.62. The number of benzene rings is 1. The molecule has 5 heteroatoms. The smallest absolute Gasteiger partial charge is 0.238 e. The molecule has 1 aliphatic rings. The lowest BCUT2D eigenvalue weighted by atomic mass is 10.1. The number of carbonyl (C=O) groups is 1. The van der Waals surface area contributed by atoms with Crippen LogP contribution in [-0.2, 0) is 9.53 Å². The van der Waals surface area contributed by atoms with Gasteiger partial charge in [-0.25, -0.2) is 0 Å². The Morgan fingerprint density at radius 1 is 1.43 bits per heavy atom. The Labute approximate surface area is 126 Å². The van der Waals surface area contributed by atoms with E-state index in [1.807, 2.05) is 24.0 Å². The van der Waals surface area contributed by atoms with Crippen LogP contribution < -0.4 is 10.1 Å². The van der Waals surface area contributed by atoms with Gasteiger partial charge in [-0.2, -0.15) is 0 Å². The van der Waals surface area contributed by atoms with E-state index >= 15 is 0 Å². The number of nitrogens with one attached hydrogen (secondary N) is 1. The monoisotopic (exact) mass is 292 g/mol. The highest BCUT2D eigenvalue weighted by Gasteiger charge is 2.32. The van der Waals surface area contributed by atoms with E-state index in [4.69, 9.17) is 9.47 Å². The summed E-state index contributed by atoms with van der Waals surface area (Å²) in [4.78, 5) is 14.0. The zero-order chi connectivity index (χ0) is 15.4. The predicted octanol–water partition coefficient (Wildman–Crippen LogP) is 1.72. The summed E-state index contributed by atoms with van der Waals surface area (Å²) in [6.45, 7) is 5.82. The van der Waals surface area contributed by atoms with E-state index < -0.39 is 0 Å². The molecule has 0 aromatic heterocycles. The Morgan fingerprint density at radius 2 is 2.19 bits per heavy atom. The lowest BCUT2D eigenvalue weighted by Gasteiger charge is -2.27. The van der Waals surface area contributed by atoms with Crippen LogP contribution in [0.3, 0.4) is 0 Å². The van der Waals surface area contributed by atoms with E-state index in [1.54, 1.807) is 14.2 Å². The number of carbonyl (C=O) groups excluding carboxylic acids is 1. The molecule has 0 radical (unpaired) electrons. The summed E-state index contributed by atoms with van der Waals surface area (Å²) in [7, 11) is 3.35. The van der Waals surface area contributed by atoms with Gasteiger partial charge >= 0.3 is 0 Å². The summed E-state index contributed by atoms with van der Waals surface area (Å²) < 4.78 is 10.5. The van der Waals surface area contributed by atoms with Crippen LogP contribution >= 0.6 is 0 Å². The van der Waals surface area contributed by atoms with Gasteiger partial charge in [0.25, 0.3) is 0 Å². The summed E-state index contributed by atoms with van der Waals surface area (Å²) >= 11 is 0. The maximum absolute atomic E-state index is 12.1. The molecule has 0 bridgehead atoms. The van der Waals surface area contributed by atoms with E-state index in [-0.39, 0.29) is 12.1 Å². The minimum Gasteiger partial charge on any atom is -0.496 e. The van der Waals surface area contributed by atoms with Crippen molar-refractivity contribution in [2.75, 3.05) is 33.9 Å². The van der Waals surface area contributed by atoms with Crippen molar-refractivity contribution in [1.82, 2.24) is 10.2 Å². The first kappa shape index (κ1) is 15.8. The number of hydrogen-bond acceptors (Lipinski definition) is 4. The highest BCUT2D eigenvalue weighted by atomic mass is 16.5. The second-order valence-corrected chi connectivity index (χ2v) is 5.62. The summed E-state index contributed by atoms with van der Waals surface area (Å²) in [5.74, 6) is 1.31. The first-order chi connectivity index (χ1) is 10.1. The van der Waals surface area contributed by atoms with Crippen LogP contribution in [0.5, 0.6) is 5.75 Å². The molecule has 1 amide bonds. The fraction of sp³-hybridized carbons (Fsp3) is 0.562. The van der Waals surface area contributed by atoms with Gasteiger partial charge in [-0.05, 0) is 36.1 Å². The molecule has 116 valence electrons. The summed E-state index contributed by atoms with van der Waals surface area (Å²) in [5, 5.41) is 3.28. The number of rotatable bonds is 6. The molecule has 2 atom stereocenters. The number of nitrogens with zero attached hydrogens (tertiary/aromatic N) is 1. The molecule has 0 spiro atoms. The zero-order valence-corrected chi connectivity index (χ0v) is 13.2. The molecule has 2 rings (SSSR count). The number of amides is 1. The molecular weight excluding hydrogens is 268 g/mol. The number of ether oxygens (including phenoxy) is 2. The molecule has 1 aliphatic heterocycles. The van der Waals surface area contributed by atoms with E-state index in [0.29, 0.717) is 25.6 Å². The van der Waals surface area contributed by atoms with Gasteiger partial charge in [-0.1, -0.05) is 13.0 Å². The van der Waals surface area contributed by atoms with Crippen LogP contribution in [0.2, 0.25) is 0 Å². The Bertz CT molecular complexity index is 504. The van der Waals surface area contributed by atoms with Crippen molar-refractivity contribution in [2.45, 2.75) is 20.0 Å². The van der Waals surface area contributed by atoms with E-state index in [1.165, 1.54) is 0 Å². The third-order valence-electron chi connectivity index (χ3n) is 3.77. The third-order valence-corrected chi connectivity index (χ3v) is 3.77. The topological polar surface area (TPSA) is 50.8 Å². The highest BCUT2D eigenvalue weighted by molar-refractivity contribution is 5.81. The molecule has 1 aromatic rings. The van der Waals surface area contributed by atoms with E-state index in [2.05, 4.69) is 18.3 Å². The van der Waals surface area contributed by atoms with E-state index in [9.17, 15) is 4.79 Å². The van der Waals surface area contributed by atoms with E-state index in [0.717, 1.165) is 16.9 Å². The molecule has 1 N–H and O–H groups in total. The zero-order valence-electron chi connectivity index (χ0n) is 13.2. The van der Waals surface area contributed by atoms with Crippen LogP contribution in [0.4, 0.5) is 0 Å². The minimum atomic E-state index is -0.0681. The van der Waals surface area contributed by atoms with Gasteiger partial charge in [0.1, 0.15) is 11.9 Å². The van der Waals surface area contributed by atoms with Gasteiger partial charge in [-0.3, -0.25) is 10.1 Å². The Morgan fingerprint density at radius 3 is 2.81 bits per heavy atom. The molecule has 1 fully saturated rings. The standard InChI is InChI=1S/C16H24N2O3/c1-11(10-20-3)9-18-15(19)8-17-16(18)13-5-6-14(21-4)12(2)7-13/h5-7,11,16-17H,8-10H2,1-4H3. The average molecular weight is 292 g/mol. The van der Waals surface area contributed by atoms with Crippen molar-refractivity contribution in [2.24, 2.45) is 5.92 Å². The van der Waals surface area contributed by atoms with Gasteiger partial charge in [-0.15, -0.1) is 0 Å².